The number of benzene rings is 2. The minimum absolute atomic E-state index is 0.560. The summed E-state index contributed by atoms with van der Waals surface area (Å²) in [6.45, 7) is 0. The highest BCUT2D eigenvalue weighted by Gasteiger charge is 2.59. The third-order valence-corrected chi connectivity index (χ3v) is 5.93. The number of rotatable bonds is 0. The van der Waals surface area contributed by atoms with Crippen LogP contribution in [0.5, 0.6) is 0 Å². The van der Waals surface area contributed by atoms with E-state index in [1.165, 1.54) is 22.3 Å². The van der Waals surface area contributed by atoms with Gasteiger partial charge in [-0.3, -0.25) is 10.4 Å². The fourth-order valence-corrected chi connectivity index (χ4v) is 5.03. The van der Waals surface area contributed by atoms with Crippen LogP contribution in [-0.4, -0.2) is 10.4 Å². The minimum atomic E-state index is -0.560. The third kappa shape index (κ3) is 1.51. The molecule has 0 fully saturated rings. The van der Waals surface area contributed by atoms with Crippen LogP contribution in [0.25, 0.3) is 22.5 Å². The molecule has 0 saturated carbocycles. The molecule has 0 atom stereocenters. The Kier molecular flexibility index (Phi) is 2.54. The monoisotopic (exact) mass is 352 g/mol. The Hall–Kier alpha value is -3.66. The van der Waals surface area contributed by atoms with Crippen molar-refractivity contribution in [3.05, 3.63) is 107 Å². The predicted molar refractivity (Wildman–Crippen MR) is 97.5 cm³/mol. The summed E-state index contributed by atoms with van der Waals surface area (Å²) in [4.78, 5) is 0. The summed E-state index contributed by atoms with van der Waals surface area (Å²) in [7, 11) is 0. The van der Waals surface area contributed by atoms with Crippen LogP contribution in [0.3, 0.4) is 0 Å². The molecule has 128 valence electrons. The van der Waals surface area contributed by atoms with E-state index in [4.69, 9.17) is 0 Å². The second kappa shape index (κ2) is 4.74. The molecule has 2 aliphatic carbocycles. The van der Waals surface area contributed by atoms with Gasteiger partial charge in [0.15, 0.2) is 0 Å². The van der Waals surface area contributed by atoms with Gasteiger partial charge in [-0.1, -0.05) is 48.5 Å². The third-order valence-electron chi connectivity index (χ3n) is 5.93. The van der Waals surface area contributed by atoms with Gasteiger partial charge in [0.2, 0.25) is 12.4 Å². The average molecular weight is 352 g/mol. The van der Waals surface area contributed by atoms with Gasteiger partial charge in [0, 0.05) is 21.6 Å². The number of pyridine rings is 2. The van der Waals surface area contributed by atoms with Crippen LogP contribution in [0.2, 0.25) is 0 Å². The van der Waals surface area contributed by atoms with Gasteiger partial charge < -0.3 is 0 Å². The molecule has 2 N–H and O–H groups in total. The topological polar surface area (TPSA) is 48.2 Å². The lowest BCUT2D eigenvalue weighted by atomic mass is 9.71. The summed E-state index contributed by atoms with van der Waals surface area (Å²) in [6, 6.07) is 24.6. The van der Waals surface area contributed by atoms with Crippen molar-refractivity contribution < 1.29 is 19.9 Å². The lowest BCUT2D eigenvalue weighted by Crippen LogP contribution is -2.39. The van der Waals surface area contributed by atoms with E-state index in [-0.39, 0.29) is 0 Å². The van der Waals surface area contributed by atoms with E-state index in [1.807, 2.05) is 24.3 Å². The van der Waals surface area contributed by atoms with Crippen LogP contribution < -0.4 is 9.46 Å². The molecule has 27 heavy (non-hydrogen) atoms. The fourth-order valence-electron chi connectivity index (χ4n) is 5.03. The first kappa shape index (κ1) is 14.5. The van der Waals surface area contributed by atoms with Crippen LogP contribution >= 0.6 is 0 Å². The zero-order chi connectivity index (χ0) is 18.2. The molecule has 2 aromatic carbocycles. The standard InChI is InChI=1S/C23H16N2O2/c26-24-13-5-11-19-21(24)22-20(12-6-14-25(22)27)23(19)17-9-3-1-7-15(17)16-8-2-4-10-18(16)23/h1-14,26-27H/q+2. The van der Waals surface area contributed by atoms with Gasteiger partial charge in [0.05, 0.1) is 16.5 Å². The lowest BCUT2D eigenvalue weighted by Gasteiger charge is -2.27. The largest absolute Gasteiger partial charge is 0.337 e. The van der Waals surface area contributed by atoms with E-state index >= 15 is 0 Å². The Balaban J connectivity index is 1.90. The normalized spacial score (nSPS) is 14.5. The number of fused-ring (bicyclic) bond motifs is 10. The Labute approximate surface area is 155 Å². The molecule has 2 aliphatic rings. The maximum atomic E-state index is 10.6. The van der Waals surface area contributed by atoms with Crippen molar-refractivity contribution >= 4 is 0 Å². The molecule has 0 unspecified atom stereocenters. The van der Waals surface area contributed by atoms with Crippen LogP contribution in [-0.2, 0) is 5.41 Å². The molecule has 2 aromatic heterocycles. The summed E-state index contributed by atoms with van der Waals surface area (Å²) in [5.41, 5.74) is 7.32. The van der Waals surface area contributed by atoms with Crippen molar-refractivity contribution in [1.29, 1.82) is 0 Å². The van der Waals surface area contributed by atoms with Crippen molar-refractivity contribution in [2.75, 3.05) is 0 Å². The Morgan fingerprint density at radius 1 is 0.519 bits per heavy atom. The first-order valence-electron chi connectivity index (χ1n) is 8.93. The van der Waals surface area contributed by atoms with E-state index < -0.39 is 5.41 Å². The summed E-state index contributed by atoms with van der Waals surface area (Å²) in [6.07, 6.45) is 3.20. The summed E-state index contributed by atoms with van der Waals surface area (Å²) < 4.78 is 2.22. The van der Waals surface area contributed by atoms with Gasteiger partial charge in [-0.15, -0.1) is 0 Å². The number of nitrogens with zero attached hydrogens (tertiary/aromatic N) is 2. The van der Waals surface area contributed by atoms with Gasteiger partial charge in [0.1, 0.15) is 0 Å². The molecule has 4 aromatic rings. The van der Waals surface area contributed by atoms with Gasteiger partial charge in [-0.05, 0) is 34.4 Å². The highest BCUT2D eigenvalue weighted by Crippen LogP contribution is 2.61. The van der Waals surface area contributed by atoms with Crippen molar-refractivity contribution in [2.45, 2.75) is 5.41 Å². The molecule has 6 rings (SSSR count). The van der Waals surface area contributed by atoms with Crippen LogP contribution in [0, 0.1) is 0 Å². The molecular weight excluding hydrogens is 336 g/mol. The highest BCUT2D eigenvalue weighted by atomic mass is 16.5. The highest BCUT2D eigenvalue weighted by molar-refractivity contribution is 5.91. The number of aromatic nitrogens is 2. The predicted octanol–water partition coefficient (Wildman–Crippen LogP) is 3.08. The zero-order valence-corrected chi connectivity index (χ0v) is 14.4. The summed E-state index contributed by atoms with van der Waals surface area (Å²) in [5, 5.41) is 21.3. The van der Waals surface area contributed by atoms with Crippen molar-refractivity contribution in [3.63, 3.8) is 0 Å². The molecule has 0 radical (unpaired) electrons. The van der Waals surface area contributed by atoms with Gasteiger partial charge in [0.25, 0.3) is 0 Å². The van der Waals surface area contributed by atoms with Gasteiger partial charge in [-0.2, -0.15) is 0 Å². The molecule has 4 heteroatoms. The lowest BCUT2D eigenvalue weighted by molar-refractivity contribution is -0.918. The first-order chi connectivity index (χ1) is 13.2. The molecule has 4 nitrogen and oxygen atoms in total. The molecule has 0 bridgehead atoms. The second-order valence-corrected chi connectivity index (χ2v) is 7.07. The zero-order valence-electron chi connectivity index (χ0n) is 14.4. The maximum absolute atomic E-state index is 10.6. The summed E-state index contributed by atoms with van der Waals surface area (Å²) >= 11 is 0. The molecule has 2 heterocycles. The molecule has 0 saturated heterocycles. The Morgan fingerprint density at radius 2 is 0.926 bits per heavy atom. The van der Waals surface area contributed by atoms with E-state index in [2.05, 4.69) is 48.5 Å². The van der Waals surface area contributed by atoms with Crippen LogP contribution in [0.4, 0.5) is 0 Å². The molecule has 0 aliphatic heterocycles. The van der Waals surface area contributed by atoms with Crippen molar-refractivity contribution in [1.82, 2.24) is 0 Å². The fraction of sp³-hybridized carbons (Fsp3) is 0.0435. The quantitative estimate of drug-likeness (QED) is 0.326. The number of hydrogen-bond acceptors (Lipinski definition) is 2. The van der Waals surface area contributed by atoms with Crippen molar-refractivity contribution in [2.24, 2.45) is 0 Å². The second-order valence-electron chi connectivity index (χ2n) is 7.07. The molecule has 0 amide bonds. The van der Waals surface area contributed by atoms with Crippen LogP contribution in [0.1, 0.15) is 22.3 Å². The smallest absolute Gasteiger partial charge is 0.284 e. The SMILES string of the molecule is O[n+]1cccc2c1-c1c(ccc[n+]1O)C21c2ccccc2-c2ccccc21. The molecular formula is C23H16N2O2+2. The van der Waals surface area contributed by atoms with E-state index in [9.17, 15) is 10.4 Å². The van der Waals surface area contributed by atoms with Crippen molar-refractivity contribution in [3.8, 4) is 22.5 Å². The van der Waals surface area contributed by atoms with E-state index in [0.29, 0.717) is 11.4 Å². The Bertz CT molecular complexity index is 1160. The summed E-state index contributed by atoms with van der Waals surface area (Å²) in [5.74, 6) is 0. The average Bonchev–Trinajstić information content (AvgIpc) is 3.17. The Morgan fingerprint density at radius 3 is 1.41 bits per heavy atom. The van der Waals surface area contributed by atoms with E-state index in [1.54, 1.807) is 12.4 Å². The first-order valence-corrected chi connectivity index (χ1v) is 8.93. The molecule has 1 spiro atoms. The maximum Gasteiger partial charge on any atom is 0.337 e. The number of hydrogen-bond donors (Lipinski definition) is 2. The van der Waals surface area contributed by atoms with Gasteiger partial charge >= 0.3 is 11.4 Å². The minimum Gasteiger partial charge on any atom is -0.284 e. The van der Waals surface area contributed by atoms with E-state index in [0.717, 1.165) is 20.6 Å². The van der Waals surface area contributed by atoms with Gasteiger partial charge in [-0.25, -0.2) is 0 Å². The van der Waals surface area contributed by atoms with Crippen LogP contribution in [0.15, 0.2) is 85.2 Å².